The molecule has 2 aromatic rings. The highest BCUT2D eigenvalue weighted by atomic mass is 35.5. The molecular formula is C6H8ClN7. The molecule has 0 saturated carbocycles. The third-order valence-corrected chi connectivity index (χ3v) is 1.90. The maximum atomic E-state index is 5.66. The predicted molar refractivity (Wildman–Crippen MR) is 47.5 cm³/mol. The zero-order chi connectivity index (χ0) is 9.97. The van der Waals surface area contributed by atoms with Crippen LogP contribution in [0.5, 0.6) is 0 Å². The monoisotopic (exact) mass is 213 g/mol. The molecule has 0 aromatic carbocycles. The van der Waals surface area contributed by atoms with E-state index in [-0.39, 0.29) is 0 Å². The number of alkyl halides is 1. The van der Waals surface area contributed by atoms with Gasteiger partial charge in [0, 0.05) is 0 Å². The van der Waals surface area contributed by atoms with Gasteiger partial charge in [-0.3, -0.25) is 0 Å². The van der Waals surface area contributed by atoms with Crippen molar-refractivity contribution in [3.05, 3.63) is 18.0 Å². The zero-order valence-corrected chi connectivity index (χ0v) is 8.26. The Morgan fingerprint density at radius 3 is 3.00 bits per heavy atom. The summed E-state index contributed by atoms with van der Waals surface area (Å²) in [4.78, 5) is 5.37. The molecule has 0 aliphatic heterocycles. The highest BCUT2D eigenvalue weighted by Crippen LogP contribution is 2.00. The molecule has 0 radical (unpaired) electrons. The fraction of sp³-hybridized carbons (Fsp3) is 0.500. The second kappa shape index (κ2) is 3.70. The van der Waals surface area contributed by atoms with Crippen LogP contribution in [0.1, 0.15) is 11.6 Å². The van der Waals surface area contributed by atoms with Crippen LogP contribution in [-0.4, -0.2) is 35.0 Å². The van der Waals surface area contributed by atoms with Gasteiger partial charge in [-0.2, -0.15) is 9.90 Å². The van der Waals surface area contributed by atoms with Gasteiger partial charge >= 0.3 is 0 Å². The lowest BCUT2D eigenvalue weighted by atomic mass is 10.6. The molecular weight excluding hydrogens is 206 g/mol. The summed E-state index contributed by atoms with van der Waals surface area (Å²) in [7, 11) is 1.71. The first kappa shape index (κ1) is 9.07. The average Bonchev–Trinajstić information content (AvgIpc) is 2.76. The topological polar surface area (TPSA) is 74.3 Å². The number of aromatic nitrogens is 7. The van der Waals surface area contributed by atoms with Crippen LogP contribution >= 0.6 is 11.6 Å². The standard InChI is InChI=1S/C6H8ClN7/c1-13-11-5(10-12-13)3-14-6(2-7)8-4-9-14/h4H,2-3H2,1H3. The van der Waals surface area contributed by atoms with Crippen LogP contribution in [0.2, 0.25) is 0 Å². The first-order chi connectivity index (χ1) is 6.79. The van der Waals surface area contributed by atoms with Crippen molar-refractivity contribution in [2.45, 2.75) is 12.4 Å². The van der Waals surface area contributed by atoms with Gasteiger partial charge in [0.1, 0.15) is 18.7 Å². The van der Waals surface area contributed by atoms with Crippen molar-refractivity contribution in [3.8, 4) is 0 Å². The van der Waals surface area contributed by atoms with E-state index in [0.29, 0.717) is 24.1 Å². The van der Waals surface area contributed by atoms with Crippen molar-refractivity contribution in [1.29, 1.82) is 0 Å². The average molecular weight is 214 g/mol. The van der Waals surface area contributed by atoms with Crippen LogP contribution < -0.4 is 0 Å². The van der Waals surface area contributed by atoms with Crippen LogP contribution in [0.3, 0.4) is 0 Å². The quantitative estimate of drug-likeness (QED) is 0.648. The number of hydrogen-bond donors (Lipinski definition) is 0. The number of tetrazole rings is 1. The number of aryl methyl sites for hydroxylation is 1. The largest absolute Gasteiger partial charge is 0.241 e. The van der Waals surface area contributed by atoms with E-state index >= 15 is 0 Å². The molecule has 7 nitrogen and oxygen atoms in total. The van der Waals surface area contributed by atoms with E-state index in [4.69, 9.17) is 11.6 Å². The molecule has 0 aliphatic carbocycles. The van der Waals surface area contributed by atoms with E-state index in [1.165, 1.54) is 11.1 Å². The summed E-state index contributed by atoms with van der Waals surface area (Å²) >= 11 is 5.66. The molecule has 0 N–H and O–H groups in total. The maximum absolute atomic E-state index is 5.66. The van der Waals surface area contributed by atoms with E-state index in [2.05, 4.69) is 25.5 Å². The summed E-state index contributed by atoms with van der Waals surface area (Å²) in [6, 6.07) is 0. The van der Waals surface area contributed by atoms with Crippen molar-refractivity contribution in [2.24, 2.45) is 7.05 Å². The molecule has 2 aromatic heterocycles. The van der Waals surface area contributed by atoms with Gasteiger partial charge < -0.3 is 0 Å². The van der Waals surface area contributed by atoms with Crippen LogP contribution in [0.15, 0.2) is 6.33 Å². The Hall–Kier alpha value is -1.50. The second-order valence-corrected chi connectivity index (χ2v) is 2.93. The number of halogens is 1. The molecule has 0 spiro atoms. The Labute approximate surface area is 84.7 Å². The normalized spacial score (nSPS) is 10.7. The van der Waals surface area contributed by atoms with E-state index in [9.17, 15) is 0 Å². The van der Waals surface area contributed by atoms with Gasteiger partial charge in [0.25, 0.3) is 0 Å². The van der Waals surface area contributed by atoms with Crippen molar-refractivity contribution in [1.82, 2.24) is 35.0 Å². The molecule has 14 heavy (non-hydrogen) atoms. The third-order valence-electron chi connectivity index (χ3n) is 1.66. The summed E-state index contributed by atoms with van der Waals surface area (Å²) in [6.07, 6.45) is 1.45. The van der Waals surface area contributed by atoms with Crippen molar-refractivity contribution < 1.29 is 0 Å². The molecule has 0 fully saturated rings. The summed E-state index contributed by atoms with van der Waals surface area (Å²) in [5.41, 5.74) is 0. The Morgan fingerprint density at radius 2 is 2.36 bits per heavy atom. The lowest BCUT2D eigenvalue weighted by molar-refractivity contribution is 0.609. The van der Waals surface area contributed by atoms with Gasteiger partial charge in [-0.1, -0.05) is 0 Å². The molecule has 0 bridgehead atoms. The minimum absolute atomic E-state index is 0.320. The van der Waals surface area contributed by atoms with Gasteiger partial charge in [0.2, 0.25) is 0 Å². The molecule has 74 valence electrons. The van der Waals surface area contributed by atoms with Crippen molar-refractivity contribution in [2.75, 3.05) is 0 Å². The predicted octanol–water partition coefficient (Wildman–Crippen LogP) is -0.411. The summed E-state index contributed by atoms with van der Waals surface area (Å²) in [6.45, 7) is 0.440. The highest BCUT2D eigenvalue weighted by molar-refractivity contribution is 6.16. The fourth-order valence-electron chi connectivity index (χ4n) is 1.04. The molecule has 0 atom stereocenters. The Morgan fingerprint density at radius 1 is 1.50 bits per heavy atom. The van der Waals surface area contributed by atoms with Crippen LogP contribution in [0, 0.1) is 0 Å². The zero-order valence-electron chi connectivity index (χ0n) is 7.50. The number of nitrogens with zero attached hydrogens (tertiary/aromatic N) is 7. The SMILES string of the molecule is Cn1nnc(Cn2ncnc2CCl)n1. The van der Waals surface area contributed by atoms with Crippen molar-refractivity contribution in [3.63, 3.8) is 0 Å². The fourth-order valence-corrected chi connectivity index (χ4v) is 1.25. The Kier molecular flexibility index (Phi) is 2.40. The number of hydrogen-bond acceptors (Lipinski definition) is 5. The smallest absolute Gasteiger partial charge is 0.196 e. The van der Waals surface area contributed by atoms with Crippen LogP contribution in [-0.2, 0) is 19.5 Å². The summed E-state index contributed by atoms with van der Waals surface area (Å²) in [5.74, 6) is 1.60. The van der Waals surface area contributed by atoms with E-state index in [1.807, 2.05) is 0 Å². The molecule has 2 heterocycles. The summed E-state index contributed by atoms with van der Waals surface area (Å²) in [5, 5.41) is 15.6. The van der Waals surface area contributed by atoms with Crippen LogP contribution in [0.25, 0.3) is 0 Å². The minimum Gasteiger partial charge on any atom is -0.241 e. The van der Waals surface area contributed by atoms with Gasteiger partial charge in [0.15, 0.2) is 5.82 Å². The first-order valence-electron chi connectivity index (χ1n) is 3.95. The minimum atomic E-state index is 0.320. The highest BCUT2D eigenvalue weighted by Gasteiger charge is 2.06. The summed E-state index contributed by atoms with van der Waals surface area (Å²) < 4.78 is 1.64. The van der Waals surface area contributed by atoms with Crippen molar-refractivity contribution >= 4 is 11.6 Å². The maximum Gasteiger partial charge on any atom is 0.196 e. The molecule has 0 aliphatic rings. The third kappa shape index (κ3) is 1.72. The van der Waals surface area contributed by atoms with Gasteiger partial charge in [-0.15, -0.1) is 21.8 Å². The lowest BCUT2D eigenvalue weighted by Gasteiger charge is -1.98. The first-order valence-corrected chi connectivity index (χ1v) is 4.48. The molecule has 8 heteroatoms. The van der Waals surface area contributed by atoms with E-state index < -0.39 is 0 Å². The van der Waals surface area contributed by atoms with Gasteiger partial charge in [-0.05, 0) is 5.21 Å². The number of rotatable bonds is 3. The van der Waals surface area contributed by atoms with Gasteiger partial charge in [0.05, 0.1) is 12.9 Å². The Balaban J connectivity index is 2.18. The Bertz CT molecular complexity index is 419. The molecule has 0 unspecified atom stereocenters. The van der Waals surface area contributed by atoms with E-state index in [1.54, 1.807) is 11.7 Å². The van der Waals surface area contributed by atoms with Crippen LogP contribution in [0.4, 0.5) is 0 Å². The molecule has 0 saturated heterocycles. The van der Waals surface area contributed by atoms with Gasteiger partial charge in [-0.25, -0.2) is 9.67 Å². The molecule has 2 rings (SSSR count). The molecule has 0 amide bonds. The lowest BCUT2D eigenvalue weighted by Crippen LogP contribution is -2.07. The van der Waals surface area contributed by atoms with E-state index in [0.717, 1.165) is 0 Å². The second-order valence-electron chi connectivity index (χ2n) is 2.66.